The highest BCUT2D eigenvalue weighted by Gasteiger charge is 2.46. The van der Waals surface area contributed by atoms with Gasteiger partial charge in [-0.05, 0) is 38.0 Å². The number of aromatic nitrogens is 1. The van der Waals surface area contributed by atoms with Crippen molar-refractivity contribution in [1.29, 1.82) is 5.26 Å². The molecule has 172 valence electrons. The summed E-state index contributed by atoms with van der Waals surface area (Å²) in [5.41, 5.74) is 5.11. The number of nitrogens with two attached hydrogens (primary N) is 1. The molecule has 3 rings (SSSR count). The first-order valence-electron chi connectivity index (χ1n) is 9.95. The van der Waals surface area contributed by atoms with Crippen LogP contribution in [0.5, 0.6) is 0 Å². The van der Waals surface area contributed by atoms with Crippen molar-refractivity contribution in [2.75, 3.05) is 20.2 Å². The van der Waals surface area contributed by atoms with Crippen LogP contribution in [0.1, 0.15) is 25.8 Å². The number of nitrogens with zero attached hydrogens (tertiary/aromatic N) is 3. The van der Waals surface area contributed by atoms with E-state index in [1.807, 2.05) is 17.1 Å². The van der Waals surface area contributed by atoms with Crippen LogP contribution in [0.3, 0.4) is 0 Å². The molecule has 0 aliphatic carbocycles. The van der Waals surface area contributed by atoms with E-state index in [-0.39, 0.29) is 5.57 Å². The van der Waals surface area contributed by atoms with Gasteiger partial charge in [0.15, 0.2) is 0 Å². The van der Waals surface area contributed by atoms with E-state index in [2.05, 4.69) is 16.4 Å². The fraction of sp³-hybridized carbons (Fsp3) is 0.476. The van der Waals surface area contributed by atoms with Crippen LogP contribution in [-0.2, 0) is 9.53 Å². The van der Waals surface area contributed by atoms with Crippen molar-refractivity contribution in [2.45, 2.75) is 43.8 Å². The van der Waals surface area contributed by atoms with Crippen LogP contribution in [-0.4, -0.2) is 59.5 Å². The molecule has 2 aliphatic heterocycles. The van der Waals surface area contributed by atoms with E-state index in [0.717, 1.165) is 6.92 Å². The van der Waals surface area contributed by atoms with Gasteiger partial charge >= 0.3 is 6.18 Å². The monoisotopic (exact) mass is 450 g/mol. The number of nitriles is 1. The summed E-state index contributed by atoms with van der Waals surface area (Å²) < 4.78 is 44.8. The Morgan fingerprint density at radius 2 is 2.09 bits per heavy atom. The molecule has 1 fully saturated rings. The topological polar surface area (TPSA) is 116 Å². The van der Waals surface area contributed by atoms with E-state index >= 15 is 0 Å². The maximum absolute atomic E-state index is 13.1. The third-order valence-electron chi connectivity index (χ3n) is 5.60. The van der Waals surface area contributed by atoms with Crippen LogP contribution < -0.4 is 16.4 Å². The minimum absolute atomic E-state index is 0.0477. The van der Waals surface area contributed by atoms with Crippen molar-refractivity contribution in [2.24, 2.45) is 5.73 Å². The lowest BCUT2D eigenvalue weighted by atomic mass is 9.88. The van der Waals surface area contributed by atoms with E-state index in [4.69, 9.17) is 10.5 Å². The third-order valence-corrected chi connectivity index (χ3v) is 5.60. The second-order valence-electron chi connectivity index (χ2n) is 8.22. The lowest BCUT2D eigenvalue weighted by molar-refractivity contribution is -0.156. The molecule has 0 radical (unpaired) electrons. The van der Waals surface area contributed by atoms with Gasteiger partial charge in [0.05, 0.1) is 16.8 Å². The summed E-state index contributed by atoms with van der Waals surface area (Å²) in [5.74, 6) is -0.933. The van der Waals surface area contributed by atoms with Gasteiger partial charge in [-0.15, -0.1) is 0 Å². The number of likely N-dealkylation sites (tertiary alicyclic amines) is 1. The third kappa shape index (κ3) is 4.42. The lowest BCUT2D eigenvalue weighted by Gasteiger charge is -2.38. The maximum atomic E-state index is 13.1. The van der Waals surface area contributed by atoms with Crippen LogP contribution >= 0.6 is 0 Å². The van der Waals surface area contributed by atoms with Gasteiger partial charge in [0.25, 0.3) is 11.6 Å². The Hall–Kier alpha value is -3.10. The number of dihydropyridines is 1. The number of rotatable bonds is 5. The average molecular weight is 450 g/mol. The zero-order chi connectivity index (χ0) is 23.7. The Balaban J connectivity index is 2.20. The van der Waals surface area contributed by atoms with Gasteiger partial charge in [0.2, 0.25) is 0 Å². The predicted octanol–water partition coefficient (Wildman–Crippen LogP) is 1.64. The molecule has 3 heterocycles. The summed E-state index contributed by atoms with van der Waals surface area (Å²) in [5, 5.41) is 14.8. The first-order valence-corrected chi connectivity index (χ1v) is 9.95. The van der Waals surface area contributed by atoms with E-state index < -0.39 is 29.4 Å². The standard InChI is InChI=1S/C21H25F3N6O2/c1-13(21(22,23)24)29-18(31)15-10-28-20(11-25,32-3)16(14-4-7-27-8-5-14)17(15)30-9-6-19(2,26)12-30/h4-5,7-8,10,13,28H,6,9,12,26H2,1-3H3,(H,29,31)/t13?,19-,20?/m0/s1. The van der Waals surface area contributed by atoms with Crippen molar-refractivity contribution in [3.05, 3.63) is 47.6 Å². The van der Waals surface area contributed by atoms with Crippen LogP contribution in [0, 0.1) is 11.3 Å². The number of carbonyl (C=O) groups excluding carboxylic acids is 1. The second kappa shape index (κ2) is 8.44. The highest BCUT2D eigenvalue weighted by atomic mass is 19.4. The first-order chi connectivity index (χ1) is 14.9. The number of nitrogens with one attached hydrogen (secondary N) is 2. The number of halogens is 3. The molecule has 0 saturated carbocycles. The lowest BCUT2D eigenvalue weighted by Crippen LogP contribution is -2.51. The van der Waals surface area contributed by atoms with E-state index in [1.54, 1.807) is 12.1 Å². The van der Waals surface area contributed by atoms with E-state index in [0.29, 0.717) is 36.3 Å². The van der Waals surface area contributed by atoms with Gasteiger partial charge in [-0.25, -0.2) is 0 Å². The molecule has 0 bridgehead atoms. The molecular formula is C21H25F3N6O2. The van der Waals surface area contributed by atoms with Crippen LogP contribution in [0.15, 0.2) is 42.0 Å². The number of alkyl halides is 3. The molecule has 1 aromatic heterocycles. The number of hydrogen-bond donors (Lipinski definition) is 3. The van der Waals surface area contributed by atoms with Crippen LogP contribution in [0.25, 0.3) is 5.57 Å². The Morgan fingerprint density at radius 1 is 1.44 bits per heavy atom. The summed E-state index contributed by atoms with van der Waals surface area (Å²) in [6.07, 6.45) is 0.227. The molecule has 2 aliphatic rings. The smallest absolute Gasteiger partial charge is 0.369 e. The molecule has 8 nitrogen and oxygen atoms in total. The van der Waals surface area contributed by atoms with Gasteiger partial charge in [0, 0.05) is 44.3 Å². The van der Waals surface area contributed by atoms with Crippen molar-refractivity contribution in [3.63, 3.8) is 0 Å². The molecule has 2 unspecified atom stereocenters. The zero-order valence-corrected chi connectivity index (χ0v) is 18.0. The summed E-state index contributed by atoms with van der Waals surface area (Å²) in [6, 6.07) is 3.30. The first kappa shape index (κ1) is 23.6. The van der Waals surface area contributed by atoms with Crippen molar-refractivity contribution in [1.82, 2.24) is 20.5 Å². The SMILES string of the molecule is COC1(C#N)NC=C(C(=O)NC(C)C(F)(F)F)C(N2CC[C@](C)(N)C2)=C1c1ccncc1. The molecule has 1 amide bonds. The Kier molecular flexibility index (Phi) is 6.22. The molecule has 11 heteroatoms. The van der Waals surface area contributed by atoms with E-state index in [9.17, 15) is 23.2 Å². The number of ether oxygens (including phenoxy) is 1. The molecule has 3 atom stereocenters. The maximum Gasteiger partial charge on any atom is 0.408 e. The zero-order valence-electron chi connectivity index (χ0n) is 18.0. The largest absolute Gasteiger partial charge is 0.408 e. The molecule has 1 saturated heterocycles. The molecule has 0 spiro atoms. The van der Waals surface area contributed by atoms with Gasteiger partial charge in [-0.1, -0.05) is 0 Å². The second-order valence-corrected chi connectivity index (χ2v) is 8.22. The molecule has 0 aromatic carbocycles. The Labute approximate surface area is 183 Å². The normalized spacial score (nSPS) is 26.8. The Bertz CT molecular complexity index is 983. The van der Waals surface area contributed by atoms with E-state index in [1.165, 1.54) is 25.7 Å². The molecular weight excluding hydrogens is 425 g/mol. The van der Waals surface area contributed by atoms with Crippen LogP contribution in [0.2, 0.25) is 0 Å². The minimum atomic E-state index is -4.61. The highest BCUT2D eigenvalue weighted by molar-refractivity contribution is 6.02. The predicted molar refractivity (Wildman–Crippen MR) is 110 cm³/mol. The van der Waals surface area contributed by atoms with Gasteiger partial charge in [0.1, 0.15) is 12.1 Å². The highest BCUT2D eigenvalue weighted by Crippen LogP contribution is 2.40. The fourth-order valence-corrected chi connectivity index (χ4v) is 3.80. The quantitative estimate of drug-likeness (QED) is 0.624. The van der Waals surface area contributed by atoms with Gasteiger partial charge < -0.3 is 26.0 Å². The summed E-state index contributed by atoms with van der Waals surface area (Å²) in [7, 11) is 1.33. The van der Waals surface area contributed by atoms with Gasteiger partial charge in [-0.2, -0.15) is 18.4 Å². The fourth-order valence-electron chi connectivity index (χ4n) is 3.80. The molecule has 1 aromatic rings. The van der Waals surface area contributed by atoms with Crippen molar-refractivity contribution >= 4 is 11.5 Å². The number of hydrogen-bond acceptors (Lipinski definition) is 7. The number of amides is 1. The Morgan fingerprint density at radius 3 is 2.59 bits per heavy atom. The summed E-state index contributed by atoms with van der Waals surface area (Å²) >= 11 is 0. The summed E-state index contributed by atoms with van der Waals surface area (Å²) in [6.45, 7) is 3.50. The average Bonchev–Trinajstić information content (AvgIpc) is 3.11. The van der Waals surface area contributed by atoms with Crippen molar-refractivity contribution in [3.8, 4) is 6.07 Å². The van der Waals surface area contributed by atoms with Crippen molar-refractivity contribution < 1.29 is 22.7 Å². The number of carbonyl (C=O) groups is 1. The number of methoxy groups -OCH3 is 1. The molecule has 4 N–H and O–H groups in total. The van der Waals surface area contributed by atoms with Crippen LogP contribution in [0.4, 0.5) is 13.2 Å². The minimum Gasteiger partial charge on any atom is -0.369 e. The summed E-state index contributed by atoms with van der Waals surface area (Å²) in [4.78, 5) is 18.8. The number of pyridine rings is 1. The van der Waals surface area contributed by atoms with Gasteiger partial charge in [-0.3, -0.25) is 9.78 Å². The molecule has 32 heavy (non-hydrogen) atoms.